The number of hydrogen-bond donors (Lipinski definition) is 3. The smallest absolute Gasteiger partial charge is 0.352 e. The highest BCUT2D eigenvalue weighted by Crippen LogP contribution is 2.40. The third-order valence-corrected chi connectivity index (χ3v) is 8.57. The number of halogens is 1. The fourth-order valence-corrected chi connectivity index (χ4v) is 6.68. The van der Waals surface area contributed by atoms with E-state index in [2.05, 4.69) is 15.5 Å². The maximum Gasteiger partial charge on any atom is 0.352 e. The molecule has 17 heteroatoms. The SMILES string of the molecule is CO/N=C(\C(=O)N[C@@H]1C(=O)N2C(C(=O)O)=C(C[n+]3cc4cc(C(=O)OC)ccn4c3)CS[C@H]12)c1nc(N)sc1Cl. The van der Waals surface area contributed by atoms with Gasteiger partial charge in [-0.25, -0.2) is 23.5 Å². The van der Waals surface area contributed by atoms with Crippen molar-refractivity contribution in [3.8, 4) is 0 Å². The molecule has 0 spiro atoms. The highest BCUT2D eigenvalue weighted by atomic mass is 35.5. The van der Waals surface area contributed by atoms with Crippen LogP contribution in [0.15, 0.2) is 47.3 Å². The monoisotopic (exact) mass is 606 g/mol. The lowest BCUT2D eigenvalue weighted by Crippen LogP contribution is -2.71. The van der Waals surface area contributed by atoms with Gasteiger partial charge in [0.05, 0.1) is 18.9 Å². The molecule has 0 aliphatic carbocycles. The zero-order valence-corrected chi connectivity index (χ0v) is 23.2. The van der Waals surface area contributed by atoms with Gasteiger partial charge in [0.1, 0.15) is 47.0 Å². The molecule has 2 aliphatic rings. The van der Waals surface area contributed by atoms with Crippen LogP contribution in [0.3, 0.4) is 0 Å². The zero-order valence-electron chi connectivity index (χ0n) is 20.9. The summed E-state index contributed by atoms with van der Waals surface area (Å²) in [6.45, 7) is 0.186. The number of nitrogens with zero attached hydrogens (tertiary/aromatic N) is 5. The van der Waals surface area contributed by atoms with Gasteiger partial charge in [0.15, 0.2) is 16.4 Å². The quantitative estimate of drug-likeness (QED) is 0.107. The van der Waals surface area contributed by atoms with E-state index < -0.39 is 35.2 Å². The van der Waals surface area contributed by atoms with Crippen LogP contribution < -0.4 is 15.6 Å². The number of fused-ring (bicyclic) bond motifs is 2. The van der Waals surface area contributed by atoms with Gasteiger partial charge in [0, 0.05) is 17.4 Å². The minimum atomic E-state index is -1.26. The summed E-state index contributed by atoms with van der Waals surface area (Å²) in [5.41, 5.74) is 6.84. The second-order valence-corrected chi connectivity index (χ2v) is 11.3. The Labute approximate surface area is 239 Å². The number of aromatic nitrogens is 3. The van der Waals surface area contributed by atoms with E-state index in [9.17, 15) is 24.3 Å². The van der Waals surface area contributed by atoms with E-state index in [1.165, 1.54) is 30.9 Å². The van der Waals surface area contributed by atoms with Gasteiger partial charge in [0.25, 0.3) is 11.8 Å². The Morgan fingerprint density at radius 2 is 2.15 bits per heavy atom. The number of thioether (sulfide) groups is 1. The third kappa shape index (κ3) is 4.84. The van der Waals surface area contributed by atoms with E-state index >= 15 is 0 Å². The highest BCUT2D eigenvalue weighted by molar-refractivity contribution is 8.00. The van der Waals surface area contributed by atoms with E-state index in [1.807, 2.05) is 0 Å². The van der Waals surface area contributed by atoms with Gasteiger partial charge in [-0.05, 0) is 6.07 Å². The molecule has 2 aliphatic heterocycles. The Bertz CT molecular complexity index is 1630. The number of rotatable bonds is 8. The lowest BCUT2D eigenvalue weighted by molar-refractivity contribution is -0.687. The molecule has 0 unspecified atom stereocenters. The number of amides is 2. The molecule has 4 N–H and O–H groups in total. The molecule has 5 heterocycles. The number of carbonyl (C=O) groups is 4. The second-order valence-electron chi connectivity index (χ2n) is 8.57. The minimum Gasteiger partial charge on any atom is -0.477 e. The molecule has 14 nitrogen and oxygen atoms in total. The number of methoxy groups -OCH3 is 1. The third-order valence-electron chi connectivity index (χ3n) is 6.14. The summed E-state index contributed by atoms with van der Waals surface area (Å²) in [6, 6.07) is 2.26. The first-order valence-corrected chi connectivity index (χ1v) is 13.7. The van der Waals surface area contributed by atoms with Crippen molar-refractivity contribution in [1.29, 1.82) is 0 Å². The van der Waals surface area contributed by atoms with Crippen LogP contribution in [0, 0.1) is 0 Å². The molecule has 2 amide bonds. The summed E-state index contributed by atoms with van der Waals surface area (Å²) >= 11 is 8.38. The summed E-state index contributed by atoms with van der Waals surface area (Å²) in [4.78, 5) is 60.2. The van der Waals surface area contributed by atoms with Crippen LogP contribution >= 0.6 is 34.7 Å². The van der Waals surface area contributed by atoms with Crippen LogP contribution in [-0.2, 0) is 30.5 Å². The molecule has 0 bridgehead atoms. The predicted molar refractivity (Wildman–Crippen MR) is 144 cm³/mol. The molecule has 3 aromatic rings. The average molecular weight is 607 g/mol. The number of nitrogens with two attached hydrogens (primary N) is 1. The maximum absolute atomic E-state index is 13.1. The van der Waals surface area contributed by atoms with Crippen LogP contribution in [-0.4, -0.2) is 80.2 Å². The number of aliphatic carboxylic acids is 1. The fourth-order valence-electron chi connectivity index (χ4n) is 4.41. The van der Waals surface area contributed by atoms with E-state index in [0.717, 1.165) is 11.3 Å². The number of esters is 1. The van der Waals surface area contributed by atoms with Crippen molar-refractivity contribution in [2.75, 3.05) is 25.7 Å². The Balaban J connectivity index is 1.36. The van der Waals surface area contributed by atoms with Crippen LogP contribution in [0.4, 0.5) is 5.13 Å². The number of anilines is 1. The number of hydrogen-bond acceptors (Lipinski definition) is 11. The van der Waals surface area contributed by atoms with Gasteiger partial charge < -0.3 is 25.7 Å². The fraction of sp³-hybridized carbons (Fsp3) is 0.261. The van der Waals surface area contributed by atoms with Gasteiger partial charge in [-0.3, -0.25) is 14.5 Å². The molecular formula is C23H21ClN7O7S2+. The average Bonchev–Trinajstić information content (AvgIpc) is 3.49. The van der Waals surface area contributed by atoms with Crippen LogP contribution in [0.25, 0.3) is 5.52 Å². The number of thiazole rings is 1. The lowest BCUT2D eigenvalue weighted by Gasteiger charge is -2.49. The van der Waals surface area contributed by atoms with Crippen molar-refractivity contribution in [3.63, 3.8) is 0 Å². The van der Waals surface area contributed by atoms with Crippen LogP contribution in [0.1, 0.15) is 16.1 Å². The van der Waals surface area contributed by atoms with Gasteiger partial charge in [-0.1, -0.05) is 28.1 Å². The topological polar surface area (TPSA) is 182 Å². The van der Waals surface area contributed by atoms with Crippen molar-refractivity contribution in [1.82, 2.24) is 19.6 Å². The minimum absolute atomic E-state index is 0.00698. The number of β-lactam (4-membered cyclic amide) rings is 1. The first kappa shape index (κ1) is 27.4. The number of ether oxygens (including phenoxy) is 1. The van der Waals surface area contributed by atoms with Gasteiger partial charge in [-0.2, -0.15) is 0 Å². The van der Waals surface area contributed by atoms with E-state index in [0.29, 0.717) is 22.4 Å². The molecule has 208 valence electrons. The number of carboxylic acid groups (broad SMARTS) is 1. The Kier molecular flexibility index (Phi) is 7.39. The zero-order chi connectivity index (χ0) is 28.7. The molecule has 40 heavy (non-hydrogen) atoms. The Hall–Kier alpha value is -4.15. The van der Waals surface area contributed by atoms with Gasteiger partial charge in [0.2, 0.25) is 6.33 Å². The molecule has 5 rings (SSSR count). The highest BCUT2D eigenvalue weighted by Gasteiger charge is 2.54. The normalized spacial score (nSPS) is 18.8. The predicted octanol–water partition coefficient (Wildman–Crippen LogP) is 0.495. The molecule has 1 fully saturated rings. The lowest BCUT2D eigenvalue weighted by atomic mass is 10.0. The van der Waals surface area contributed by atoms with E-state index in [-0.39, 0.29) is 33.1 Å². The number of pyridine rings is 1. The Morgan fingerprint density at radius 1 is 1.38 bits per heavy atom. The van der Waals surface area contributed by atoms with E-state index in [1.54, 1.807) is 39.8 Å². The molecule has 1 saturated heterocycles. The van der Waals surface area contributed by atoms with E-state index in [4.69, 9.17) is 26.9 Å². The summed E-state index contributed by atoms with van der Waals surface area (Å²) in [7, 11) is 2.53. The van der Waals surface area contributed by atoms with Crippen molar-refractivity contribution in [3.05, 3.63) is 57.7 Å². The van der Waals surface area contributed by atoms with Crippen molar-refractivity contribution >= 4 is 74.8 Å². The van der Waals surface area contributed by atoms with Crippen molar-refractivity contribution in [2.45, 2.75) is 18.0 Å². The number of nitrogen functional groups attached to an aromatic ring is 1. The second kappa shape index (κ2) is 10.8. The first-order valence-electron chi connectivity index (χ1n) is 11.5. The van der Waals surface area contributed by atoms with Crippen molar-refractivity contribution < 1.29 is 38.4 Å². The Morgan fingerprint density at radius 3 is 2.80 bits per heavy atom. The molecule has 2 atom stereocenters. The standard InChI is InChI=1S/C23H20ClN7O7S2/c1-37-22(36)10-3-4-30-9-29(7-12(30)5-10)6-11-8-39-20-15(19(33)31(20)16(11)21(34)35)26-18(32)14(28-38-2)13-17(24)40-23(25)27-13/h3-5,7,9,15,20H,6,8H2,1-2H3,(H3-,25,26,27,32,34,35)/p+1/b28-14-/t15-,20-/m1/s1. The molecular weight excluding hydrogens is 586 g/mol. The van der Waals surface area contributed by atoms with Crippen LogP contribution in [0.2, 0.25) is 4.34 Å². The van der Waals surface area contributed by atoms with Crippen molar-refractivity contribution in [2.24, 2.45) is 5.16 Å². The molecule has 0 radical (unpaired) electrons. The molecule has 3 aromatic heterocycles. The molecule has 0 saturated carbocycles. The number of carbonyl (C=O) groups excluding carboxylic acids is 3. The number of oxime groups is 1. The number of nitrogens with one attached hydrogen (secondary N) is 1. The largest absolute Gasteiger partial charge is 0.477 e. The summed E-state index contributed by atoms with van der Waals surface area (Å²) in [6.07, 6.45) is 5.19. The summed E-state index contributed by atoms with van der Waals surface area (Å²) < 4.78 is 8.41. The van der Waals surface area contributed by atoms with Crippen LogP contribution in [0.5, 0.6) is 0 Å². The number of carboxylic acids is 1. The first-order chi connectivity index (χ1) is 19.1. The summed E-state index contributed by atoms with van der Waals surface area (Å²) in [5.74, 6) is -2.81. The van der Waals surface area contributed by atoms with Gasteiger partial charge in [-0.15, -0.1) is 11.8 Å². The maximum atomic E-state index is 13.1. The number of imidazole rings is 1. The van der Waals surface area contributed by atoms with Gasteiger partial charge >= 0.3 is 11.9 Å². The summed E-state index contributed by atoms with van der Waals surface area (Å²) in [5, 5.41) is 15.8. The molecule has 0 aromatic carbocycles.